The van der Waals surface area contributed by atoms with Crippen LogP contribution < -0.4 is 20.9 Å². The number of pyridine rings is 1. The van der Waals surface area contributed by atoms with Crippen LogP contribution in [-0.2, 0) is 16.0 Å². The van der Waals surface area contributed by atoms with Gasteiger partial charge in [0.2, 0.25) is 5.91 Å². The number of alkyl halides is 1. The minimum absolute atomic E-state index is 0.0886. The molecular weight excluding hydrogens is 593 g/mol. The fourth-order valence-electron chi connectivity index (χ4n) is 6.49. The molecule has 0 radical (unpaired) electrons. The first-order chi connectivity index (χ1) is 21.7. The zero-order chi connectivity index (χ0) is 31.3. The third-order valence-electron chi connectivity index (χ3n) is 9.19. The molecule has 0 unspecified atom stereocenters. The number of carbonyl (C=O) groups excluding carboxylic acids is 2. The van der Waals surface area contributed by atoms with Crippen molar-refractivity contribution in [1.29, 1.82) is 0 Å². The summed E-state index contributed by atoms with van der Waals surface area (Å²) in [6.07, 6.45) is 3.32. The Morgan fingerprint density at radius 2 is 1.84 bits per heavy atom. The van der Waals surface area contributed by atoms with Crippen molar-refractivity contribution in [2.24, 2.45) is 0 Å². The average molecular weight is 628 g/mol. The fourth-order valence-corrected chi connectivity index (χ4v) is 6.68. The smallest absolute Gasteiger partial charge is 0.258 e. The van der Waals surface area contributed by atoms with Gasteiger partial charge in [-0.1, -0.05) is 29.8 Å². The molecule has 2 bridgehead atoms. The van der Waals surface area contributed by atoms with Crippen LogP contribution in [-0.4, -0.2) is 63.9 Å². The van der Waals surface area contributed by atoms with E-state index >= 15 is 0 Å². The Bertz CT molecular complexity index is 1750. The quantitative estimate of drug-likeness (QED) is 0.205. The lowest BCUT2D eigenvalue weighted by molar-refractivity contribution is -0.131. The van der Waals surface area contributed by atoms with Crippen LogP contribution in [0, 0.1) is 13.8 Å². The van der Waals surface area contributed by atoms with Crippen molar-refractivity contribution >= 4 is 34.9 Å². The number of hydrogen-bond donors (Lipinski definition) is 4. The van der Waals surface area contributed by atoms with Crippen LogP contribution in [0.3, 0.4) is 0 Å². The molecule has 4 heterocycles. The molecule has 9 nitrogen and oxygen atoms in total. The summed E-state index contributed by atoms with van der Waals surface area (Å²) >= 11 is 6.65. The third kappa shape index (κ3) is 5.92. The zero-order valence-corrected chi connectivity index (χ0v) is 25.9. The van der Waals surface area contributed by atoms with Crippen molar-refractivity contribution in [1.82, 2.24) is 25.8 Å². The predicted octanol–water partition coefficient (Wildman–Crippen LogP) is 5.13. The number of H-pyrrole nitrogens is 1. The maximum Gasteiger partial charge on any atom is 0.258 e. The molecule has 0 spiro atoms. The lowest BCUT2D eigenvalue weighted by atomic mass is 9.98. The van der Waals surface area contributed by atoms with Gasteiger partial charge in [0.05, 0.1) is 5.69 Å². The number of piperazine rings is 1. The van der Waals surface area contributed by atoms with E-state index in [1.165, 1.54) is 0 Å². The summed E-state index contributed by atoms with van der Waals surface area (Å²) in [5.74, 6) is -0.296. The molecule has 232 valence electrons. The van der Waals surface area contributed by atoms with Gasteiger partial charge >= 0.3 is 0 Å². The maximum absolute atomic E-state index is 14.7. The van der Waals surface area contributed by atoms with Crippen molar-refractivity contribution < 1.29 is 14.0 Å². The first-order valence-corrected chi connectivity index (χ1v) is 15.7. The van der Waals surface area contributed by atoms with Gasteiger partial charge in [0, 0.05) is 59.8 Å². The van der Waals surface area contributed by atoms with E-state index in [1.807, 2.05) is 50.4 Å². The van der Waals surface area contributed by atoms with E-state index in [2.05, 4.69) is 42.1 Å². The number of hydrogen-bond acceptors (Lipinski definition) is 6. The molecule has 3 aliphatic rings. The molecule has 11 heteroatoms. The van der Waals surface area contributed by atoms with E-state index in [4.69, 9.17) is 11.6 Å². The monoisotopic (exact) mass is 627 g/mol. The van der Waals surface area contributed by atoms with Crippen LogP contribution in [0.5, 0.6) is 0 Å². The number of carbonyl (C=O) groups is 2. The average Bonchev–Trinajstić information content (AvgIpc) is 3.32. The SMILES string of the molecule is Cc1n[nH]c(C)c1-c1ccc(NC(=O)[C@H](Cc2cc(-c3ccnc(N4C[C@@H]5C[C@H]4CN5)c3)ccc2Cl)NC(=O)C2(F)CC2)cc1. The highest BCUT2D eigenvalue weighted by Gasteiger charge is 2.51. The second-order valence-corrected chi connectivity index (χ2v) is 12.8. The normalized spacial score (nSPS) is 20.2. The molecule has 4 N–H and O–H groups in total. The number of aromatic nitrogens is 3. The van der Waals surface area contributed by atoms with Gasteiger partial charge in [0.25, 0.3) is 5.91 Å². The highest BCUT2D eigenvalue weighted by atomic mass is 35.5. The summed E-state index contributed by atoms with van der Waals surface area (Å²) in [5, 5.41) is 16.8. The van der Waals surface area contributed by atoms with Crippen LogP contribution in [0.4, 0.5) is 15.9 Å². The van der Waals surface area contributed by atoms with Crippen LogP contribution >= 0.6 is 11.6 Å². The molecule has 3 atom stereocenters. The molecular formula is C34H35ClFN7O2. The molecule has 3 fully saturated rings. The van der Waals surface area contributed by atoms with Crippen molar-refractivity contribution in [3.05, 3.63) is 82.8 Å². The summed E-state index contributed by atoms with van der Waals surface area (Å²) in [4.78, 5) is 33.4. The zero-order valence-electron chi connectivity index (χ0n) is 25.2. The number of amides is 2. The summed E-state index contributed by atoms with van der Waals surface area (Å²) in [6, 6.07) is 17.0. The molecule has 2 aliphatic heterocycles. The summed E-state index contributed by atoms with van der Waals surface area (Å²) in [5.41, 5.74) is 5.00. The lowest BCUT2D eigenvalue weighted by Gasteiger charge is -2.28. The van der Waals surface area contributed by atoms with Gasteiger partial charge in [-0.25, -0.2) is 9.37 Å². The van der Waals surface area contributed by atoms with E-state index < -0.39 is 23.5 Å². The molecule has 1 aliphatic carbocycles. The predicted molar refractivity (Wildman–Crippen MR) is 173 cm³/mol. The Kier molecular flexibility index (Phi) is 7.57. The third-order valence-corrected chi connectivity index (χ3v) is 9.56. The van der Waals surface area contributed by atoms with Crippen molar-refractivity contribution in [2.45, 2.75) is 63.3 Å². The Morgan fingerprint density at radius 3 is 2.51 bits per heavy atom. The summed E-state index contributed by atoms with van der Waals surface area (Å²) in [7, 11) is 0. The maximum atomic E-state index is 14.7. The number of nitrogens with one attached hydrogen (secondary N) is 4. The molecule has 2 aromatic carbocycles. The van der Waals surface area contributed by atoms with Gasteiger partial charge in [0.1, 0.15) is 11.9 Å². The van der Waals surface area contributed by atoms with Crippen molar-refractivity contribution in [2.75, 3.05) is 23.3 Å². The summed E-state index contributed by atoms with van der Waals surface area (Å²) < 4.78 is 14.7. The van der Waals surface area contributed by atoms with Crippen molar-refractivity contribution in [3.8, 4) is 22.3 Å². The number of benzene rings is 2. The Morgan fingerprint density at radius 1 is 1.09 bits per heavy atom. The largest absolute Gasteiger partial charge is 0.351 e. The van der Waals surface area contributed by atoms with Gasteiger partial charge in [0.15, 0.2) is 5.67 Å². The molecule has 45 heavy (non-hydrogen) atoms. The van der Waals surface area contributed by atoms with Gasteiger partial charge in [-0.3, -0.25) is 14.7 Å². The molecule has 4 aromatic rings. The van der Waals surface area contributed by atoms with Gasteiger partial charge in [-0.15, -0.1) is 0 Å². The molecule has 2 aromatic heterocycles. The number of halogens is 2. The number of nitrogens with zero attached hydrogens (tertiary/aromatic N) is 3. The number of anilines is 2. The second kappa shape index (κ2) is 11.6. The number of fused-ring (bicyclic) bond motifs is 2. The van der Waals surface area contributed by atoms with Crippen molar-refractivity contribution in [3.63, 3.8) is 0 Å². The topological polar surface area (TPSA) is 115 Å². The van der Waals surface area contributed by atoms with Crippen LogP contribution in [0.25, 0.3) is 22.3 Å². The van der Waals surface area contributed by atoms with E-state index in [0.717, 1.165) is 59.0 Å². The Balaban J connectivity index is 1.12. The van der Waals surface area contributed by atoms with Gasteiger partial charge in [-0.05, 0) is 91.8 Å². The highest BCUT2D eigenvalue weighted by molar-refractivity contribution is 6.31. The van der Waals surface area contributed by atoms with Crippen LogP contribution in [0.1, 0.15) is 36.2 Å². The first kappa shape index (κ1) is 29.4. The van der Waals surface area contributed by atoms with E-state index in [-0.39, 0.29) is 19.3 Å². The minimum Gasteiger partial charge on any atom is -0.351 e. The van der Waals surface area contributed by atoms with E-state index in [9.17, 15) is 14.0 Å². The summed E-state index contributed by atoms with van der Waals surface area (Å²) in [6.45, 7) is 5.79. The van der Waals surface area contributed by atoms with Gasteiger partial charge < -0.3 is 20.9 Å². The Hall–Kier alpha value is -4.28. The standard InChI is InChI=1S/C34H35ClFN7O2/c1-19-31(20(2)42-41-19)21-3-6-25(7-4-21)39-32(44)29(40-33(45)34(36)10-11-34)14-24-13-22(5-8-28(24)35)23-9-12-37-30(15-23)43-18-26-16-27(43)17-38-26/h3-9,12-13,15,26-27,29,38H,10-11,14,16-18H2,1-2H3,(H,39,44)(H,40,45)(H,41,42)/t26-,27-,29-/m0/s1. The van der Waals surface area contributed by atoms with E-state index in [1.54, 1.807) is 18.2 Å². The van der Waals surface area contributed by atoms with Crippen LogP contribution in [0.2, 0.25) is 5.02 Å². The Labute approximate surface area is 266 Å². The molecule has 7 rings (SSSR count). The fraction of sp³-hybridized carbons (Fsp3) is 0.353. The molecule has 2 saturated heterocycles. The number of rotatable bonds is 9. The minimum atomic E-state index is -1.93. The van der Waals surface area contributed by atoms with E-state index in [0.29, 0.717) is 28.4 Å². The first-order valence-electron chi connectivity index (χ1n) is 15.3. The second-order valence-electron chi connectivity index (χ2n) is 12.4. The molecule has 1 saturated carbocycles. The molecule has 2 amide bonds. The lowest BCUT2D eigenvalue weighted by Crippen LogP contribution is -2.48. The highest BCUT2D eigenvalue weighted by Crippen LogP contribution is 2.40. The van der Waals surface area contributed by atoms with Gasteiger partial charge in [-0.2, -0.15) is 5.10 Å². The number of aryl methyl sites for hydroxylation is 2. The number of aromatic amines is 1. The van der Waals surface area contributed by atoms with Crippen LogP contribution in [0.15, 0.2) is 60.8 Å².